The lowest BCUT2D eigenvalue weighted by molar-refractivity contribution is 0.312. The summed E-state index contributed by atoms with van der Waals surface area (Å²) in [6.07, 6.45) is 7.87. The molecule has 2 aromatic heterocycles. The Kier molecular flexibility index (Phi) is 3.82. The molecule has 0 radical (unpaired) electrons. The molecule has 0 unspecified atom stereocenters. The normalized spacial score (nSPS) is 20.1. The molecule has 128 valence electrons. The number of halogens is 1. The predicted molar refractivity (Wildman–Crippen MR) is 93.5 cm³/mol. The van der Waals surface area contributed by atoms with Crippen molar-refractivity contribution in [2.75, 3.05) is 5.32 Å². The Morgan fingerprint density at radius 2 is 2.04 bits per heavy atom. The van der Waals surface area contributed by atoms with Crippen LogP contribution in [0.3, 0.4) is 0 Å². The zero-order chi connectivity index (χ0) is 16.7. The standard InChI is InChI=1S/C19H25FN4/c1-19(2)8-7-14-15(11-19)23-24-18(14)12-9-16(20)22-17(10-12)21-13-5-3-4-6-13/h9-10,13H,3-8,11H2,1-2H3,(H,21,22)(H,23,24). The van der Waals surface area contributed by atoms with Crippen molar-refractivity contribution in [3.05, 3.63) is 29.3 Å². The molecule has 0 atom stereocenters. The number of anilines is 1. The average molecular weight is 328 g/mol. The molecule has 1 saturated carbocycles. The van der Waals surface area contributed by atoms with Crippen LogP contribution < -0.4 is 5.32 Å². The largest absolute Gasteiger partial charge is 0.367 e. The number of fused-ring (bicyclic) bond motifs is 1. The molecule has 24 heavy (non-hydrogen) atoms. The van der Waals surface area contributed by atoms with Crippen molar-refractivity contribution >= 4 is 5.82 Å². The molecule has 0 aromatic carbocycles. The molecule has 2 heterocycles. The fraction of sp³-hybridized carbons (Fsp3) is 0.579. The highest BCUT2D eigenvalue weighted by Gasteiger charge is 2.29. The van der Waals surface area contributed by atoms with Crippen molar-refractivity contribution in [1.82, 2.24) is 15.2 Å². The first-order valence-electron chi connectivity index (χ1n) is 9.01. The van der Waals surface area contributed by atoms with Crippen LogP contribution in [0.4, 0.5) is 10.2 Å². The van der Waals surface area contributed by atoms with Crippen molar-refractivity contribution < 1.29 is 4.39 Å². The maximum absolute atomic E-state index is 14.1. The minimum atomic E-state index is -0.444. The van der Waals surface area contributed by atoms with Gasteiger partial charge in [0.2, 0.25) is 5.95 Å². The summed E-state index contributed by atoms with van der Waals surface area (Å²) < 4.78 is 14.1. The molecule has 0 aliphatic heterocycles. The molecule has 0 spiro atoms. The number of pyridine rings is 1. The van der Waals surface area contributed by atoms with E-state index in [1.165, 1.54) is 30.2 Å². The lowest BCUT2D eigenvalue weighted by Gasteiger charge is -2.29. The smallest absolute Gasteiger partial charge is 0.215 e. The number of rotatable bonds is 3. The third-order valence-corrected chi connectivity index (χ3v) is 5.43. The Bertz CT molecular complexity index is 744. The van der Waals surface area contributed by atoms with E-state index in [0.29, 0.717) is 17.3 Å². The van der Waals surface area contributed by atoms with Gasteiger partial charge in [-0.3, -0.25) is 5.10 Å². The van der Waals surface area contributed by atoms with Crippen LogP contribution in [-0.2, 0) is 12.8 Å². The van der Waals surface area contributed by atoms with Gasteiger partial charge in [0.1, 0.15) is 5.82 Å². The summed E-state index contributed by atoms with van der Waals surface area (Å²) in [4.78, 5) is 4.03. The number of H-pyrrole nitrogens is 1. The summed E-state index contributed by atoms with van der Waals surface area (Å²) in [6, 6.07) is 3.86. The van der Waals surface area contributed by atoms with E-state index in [1.54, 1.807) is 0 Å². The fourth-order valence-corrected chi connectivity index (χ4v) is 4.07. The average Bonchev–Trinajstić information content (AvgIpc) is 3.14. The van der Waals surface area contributed by atoms with E-state index in [4.69, 9.17) is 0 Å². The Morgan fingerprint density at radius 3 is 2.83 bits per heavy atom. The first-order valence-corrected chi connectivity index (χ1v) is 9.01. The third-order valence-electron chi connectivity index (χ3n) is 5.43. The van der Waals surface area contributed by atoms with Gasteiger partial charge >= 0.3 is 0 Å². The molecule has 4 rings (SSSR count). The molecule has 2 N–H and O–H groups in total. The van der Waals surface area contributed by atoms with Crippen molar-refractivity contribution in [3.63, 3.8) is 0 Å². The number of aromatic amines is 1. The van der Waals surface area contributed by atoms with Gasteiger partial charge in [0.15, 0.2) is 0 Å². The molecule has 0 saturated heterocycles. The first kappa shape index (κ1) is 15.6. The summed E-state index contributed by atoms with van der Waals surface area (Å²) in [7, 11) is 0. The van der Waals surface area contributed by atoms with Crippen molar-refractivity contribution in [1.29, 1.82) is 0 Å². The Hall–Kier alpha value is -1.91. The third kappa shape index (κ3) is 3.04. The van der Waals surface area contributed by atoms with Gasteiger partial charge in [-0.2, -0.15) is 9.49 Å². The van der Waals surface area contributed by atoms with Crippen LogP contribution in [0.2, 0.25) is 0 Å². The Labute approximate surface area is 142 Å². The SMILES string of the molecule is CC1(C)CCc2c(-c3cc(F)nc(NC4CCCC4)c3)n[nH]c2C1. The van der Waals surface area contributed by atoms with Crippen molar-refractivity contribution in [3.8, 4) is 11.3 Å². The molecule has 5 heteroatoms. The van der Waals surface area contributed by atoms with Crippen molar-refractivity contribution in [2.24, 2.45) is 5.41 Å². The summed E-state index contributed by atoms with van der Waals surface area (Å²) in [5, 5.41) is 11.1. The highest BCUT2D eigenvalue weighted by Crippen LogP contribution is 2.38. The molecular weight excluding hydrogens is 303 g/mol. The maximum atomic E-state index is 14.1. The lowest BCUT2D eigenvalue weighted by Crippen LogP contribution is -2.21. The maximum Gasteiger partial charge on any atom is 0.215 e. The summed E-state index contributed by atoms with van der Waals surface area (Å²) in [6.45, 7) is 4.57. The minimum Gasteiger partial charge on any atom is -0.367 e. The lowest BCUT2D eigenvalue weighted by atomic mass is 9.76. The molecule has 2 aliphatic rings. The zero-order valence-electron chi connectivity index (χ0n) is 14.5. The predicted octanol–water partition coefficient (Wildman–Crippen LogP) is 4.48. The fourth-order valence-electron chi connectivity index (χ4n) is 4.07. The number of aromatic nitrogens is 3. The highest BCUT2D eigenvalue weighted by atomic mass is 19.1. The van der Waals surface area contributed by atoms with Gasteiger partial charge in [-0.25, -0.2) is 4.98 Å². The number of nitrogens with zero attached hydrogens (tertiary/aromatic N) is 2. The van der Waals surface area contributed by atoms with Gasteiger partial charge in [-0.1, -0.05) is 26.7 Å². The van der Waals surface area contributed by atoms with Gasteiger partial charge in [0.05, 0.1) is 5.69 Å². The van der Waals surface area contributed by atoms with Crippen LogP contribution in [0.25, 0.3) is 11.3 Å². The second kappa shape index (κ2) is 5.87. The molecule has 2 aromatic rings. The number of hydrogen-bond acceptors (Lipinski definition) is 3. The van der Waals surface area contributed by atoms with Gasteiger partial charge in [-0.15, -0.1) is 0 Å². The molecule has 1 fully saturated rings. The van der Waals surface area contributed by atoms with E-state index in [-0.39, 0.29) is 0 Å². The van der Waals surface area contributed by atoms with Crippen molar-refractivity contribution in [2.45, 2.75) is 64.8 Å². The number of nitrogens with one attached hydrogen (secondary N) is 2. The summed E-state index contributed by atoms with van der Waals surface area (Å²) in [5.74, 6) is 0.186. The van der Waals surface area contributed by atoms with Crippen LogP contribution in [0.5, 0.6) is 0 Å². The molecule has 4 nitrogen and oxygen atoms in total. The second-order valence-electron chi connectivity index (χ2n) is 8.06. The second-order valence-corrected chi connectivity index (χ2v) is 8.06. The quantitative estimate of drug-likeness (QED) is 0.817. The monoisotopic (exact) mass is 328 g/mol. The van der Waals surface area contributed by atoms with E-state index in [0.717, 1.165) is 43.4 Å². The zero-order valence-corrected chi connectivity index (χ0v) is 14.5. The Balaban J connectivity index is 1.65. The molecule has 2 aliphatic carbocycles. The molecule has 0 bridgehead atoms. The van der Waals surface area contributed by atoms with Crippen LogP contribution in [0.15, 0.2) is 12.1 Å². The molecular formula is C19H25FN4. The van der Waals surface area contributed by atoms with Gasteiger partial charge in [-0.05, 0) is 43.6 Å². The topological polar surface area (TPSA) is 53.6 Å². The van der Waals surface area contributed by atoms with Crippen LogP contribution in [0, 0.1) is 11.4 Å². The summed E-state index contributed by atoms with van der Waals surface area (Å²) in [5.41, 5.74) is 4.45. The van der Waals surface area contributed by atoms with Gasteiger partial charge in [0, 0.05) is 28.9 Å². The van der Waals surface area contributed by atoms with E-state index in [9.17, 15) is 4.39 Å². The summed E-state index contributed by atoms with van der Waals surface area (Å²) >= 11 is 0. The van der Waals surface area contributed by atoms with E-state index < -0.39 is 5.95 Å². The van der Waals surface area contributed by atoms with E-state index >= 15 is 0 Å². The van der Waals surface area contributed by atoms with Gasteiger partial charge in [0.25, 0.3) is 0 Å². The van der Waals surface area contributed by atoms with Crippen LogP contribution in [0.1, 0.15) is 57.2 Å². The van der Waals surface area contributed by atoms with E-state index in [2.05, 4.69) is 34.3 Å². The van der Waals surface area contributed by atoms with Crippen LogP contribution in [-0.4, -0.2) is 21.2 Å². The van der Waals surface area contributed by atoms with Gasteiger partial charge < -0.3 is 5.32 Å². The minimum absolute atomic E-state index is 0.301. The molecule has 0 amide bonds. The highest BCUT2D eigenvalue weighted by molar-refractivity contribution is 5.67. The Morgan fingerprint density at radius 1 is 1.25 bits per heavy atom. The van der Waals surface area contributed by atoms with Crippen LogP contribution >= 0.6 is 0 Å². The number of hydrogen-bond donors (Lipinski definition) is 2. The first-order chi connectivity index (χ1) is 11.5. The van der Waals surface area contributed by atoms with E-state index in [1.807, 2.05) is 6.07 Å².